The van der Waals surface area contributed by atoms with Crippen LogP contribution in [0.25, 0.3) is 0 Å². The van der Waals surface area contributed by atoms with E-state index in [1.54, 1.807) is 0 Å². The largest absolute Gasteiger partial charge is 0.300 e. The van der Waals surface area contributed by atoms with Gasteiger partial charge in [-0.25, -0.2) is 0 Å². The summed E-state index contributed by atoms with van der Waals surface area (Å²) in [5, 5.41) is 8.28. The van der Waals surface area contributed by atoms with Gasteiger partial charge in [0, 0.05) is 19.3 Å². The van der Waals surface area contributed by atoms with E-state index in [1.165, 1.54) is 0 Å². The van der Waals surface area contributed by atoms with Gasteiger partial charge in [-0.15, -0.1) is 0 Å². The van der Waals surface area contributed by atoms with Crippen molar-refractivity contribution in [3.8, 4) is 6.07 Å². The van der Waals surface area contributed by atoms with Crippen molar-refractivity contribution in [3.63, 3.8) is 0 Å². The molecule has 0 rings (SSSR count). The molecule has 0 heterocycles. The molecule has 0 fully saturated rings. The Balaban J connectivity index is 3.19. The lowest BCUT2D eigenvalue weighted by Gasteiger charge is -2.00. The number of carbonyl (C=O) groups excluding carboxylic acids is 2. The molecule has 0 aromatic rings. The number of ketones is 2. The van der Waals surface area contributed by atoms with Crippen LogP contribution < -0.4 is 0 Å². The van der Waals surface area contributed by atoms with Crippen LogP contribution >= 0.6 is 0 Å². The minimum atomic E-state index is 0.0451. The van der Waals surface area contributed by atoms with Gasteiger partial charge in [-0.2, -0.15) is 5.26 Å². The fraction of sp³-hybridized carbons (Fsp3) is 0.769. The highest BCUT2D eigenvalue weighted by Crippen LogP contribution is 2.08. The molecule has 0 saturated heterocycles. The summed E-state index contributed by atoms with van der Waals surface area (Å²) in [7, 11) is 0. The van der Waals surface area contributed by atoms with Gasteiger partial charge in [-0.1, -0.05) is 26.2 Å². The lowest BCUT2D eigenvalue weighted by Crippen LogP contribution is -1.96. The van der Waals surface area contributed by atoms with Crippen LogP contribution in [0.2, 0.25) is 0 Å². The topological polar surface area (TPSA) is 57.9 Å². The van der Waals surface area contributed by atoms with Crippen molar-refractivity contribution in [1.82, 2.24) is 0 Å². The number of nitrogens with zero attached hydrogens (tertiary/aromatic N) is 1. The first-order chi connectivity index (χ1) is 7.70. The van der Waals surface area contributed by atoms with Crippen molar-refractivity contribution >= 4 is 11.6 Å². The minimum absolute atomic E-state index is 0.0451. The average molecular weight is 223 g/mol. The zero-order valence-electron chi connectivity index (χ0n) is 10.1. The molecule has 0 amide bonds. The summed E-state index contributed by atoms with van der Waals surface area (Å²) in [4.78, 5) is 22.0. The van der Waals surface area contributed by atoms with Crippen LogP contribution in [0.15, 0.2) is 0 Å². The Morgan fingerprint density at radius 1 is 0.938 bits per heavy atom. The summed E-state index contributed by atoms with van der Waals surface area (Å²) >= 11 is 0. The second-order valence-corrected chi connectivity index (χ2v) is 4.03. The number of Topliss-reactive ketones (excluding diaryl/α,β-unsaturated/α-hetero) is 2. The van der Waals surface area contributed by atoms with Crippen LogP contribution in [0.4, 0.5) is 0 Å². The number of rotatable bonds is 10. The standard InChI is InChI=1S/C13H21NO2/c1-2-12(15)8-6-4-3-5-7-9-13(16)10-11-14/h2-10H2,1H3. The first-order valence-electron chi connectivity index (χ1n) is 6.11. The number of unbranched alkanes of at least 4 members (excludes halogenated alkanes) is 4. The lowest BCUT2D eigenvalue weighted by molar-refractivity contribution is -0.119. The Morgan fingerprint density at radius 2 is 1.44 bits per heavy atom. The fourth-order valence-electron chi connectivity index (χ4n) is 1.53. The summed E-state index contributed by atoms with van der Waals surface area (Å²) in [5.41, 5.74) is 0. The second kappa shape index (κ2) is 10.4. The lowest BCUT2D eigenvalue weighted by atomic mass is 10.1. The van der Waals surface area contributed by atoms with Crippen molar-refractivity contribution in [2.75, 3.05) is 0 Å². The van der Waals surface area contributed by atoms with Gasteiger partial charge in [0.1, 0.15) is 11.6 Å². The molecule has 0 spiro atoms. The van der Waals surface area contributed by atoms with Crippen molar-refractivity contribution in [2.24, 2.45) is 0 Å². The Labute approximate surface area is 97.8 Å². The zero-order valence-corrected chi connectivity index (χ0v) is 10.1. The molecule has 0 aromatic carbocycles. The Kier molecular flexibility index (Phi) is 9.59. The zero-order chi connectivity index (χ0) is 12.2. The van der Waals surface area contributed by atoms with Gasteiger partial charge in [0.15, 0.2) is 0 Å². The quantitative estimate of drug-likeness (QED) is 0.534. The van der Waals surface area contributed by atoms with Crippen LogP contribution in [0.1, 0.15) is 64.7 Å². The Bertz CT molecular complexity index is 253. The van der Waals surface area contributed by atoms with E-state index in [2.05, 4.69) is 0 Å². The van der Waals surface area contributed by atoms with E-state index in [9.17, 15) is 9.59 Å². The molecule has 0 aliphatic carbocycles. The van der Waals surface area contributed by atoms with Gasteiger partial charge in [-0.3, -0.25) is 9.59 Å². The summed E-state index contributed by atoms with van der Waals surface area (Å²) in [6.45, 7) is 1.89. The smallest absolute Gasteiger partial charge is 0.146 e. The highest BCUT2D eigenvalue weighted by Gasteiger charge is 2.01. The molecule has 0 radical (unpaired) electrons. The third kappa shape index (κ3) is 9.39. The van der Waals surface area contributed by atoms with Crippen LogP contribution in [-0.4, -0.2) is 11.6 Å². The molecule has 0 bridgehead atoms. The van der Waals surface area contributed by atoms with Crippen molar-refractivity contribution in [2.45, 2.75) is 64.7 Å². The molecule has 3 nitrogen and oxygen atoms in total. The van der Waals surface area contributed by atoms with E-state index >= 15 is 0 Å². The number of hydrogen-bond acceptors (Lipinski definition) is 3. The molecule has 0 saturated carbocycles. The Morgan fingerprint density at radius 3 is 1.94 bits per heavy atom. The van der Waals surface area contributed by atoms with E-state index in [1.807, 2.05) is 13.0 Å². The van der Waals surface area contributed by atoms with Gasteiger partial charge in [0.25, 0.3) is 0 Å². The van der Waals surface area contributed by atoms with E-state index in [0.717, 1.165) is 32.1 Å². The normalized spacial score (nSPS) is 9.75. The van der Waals surface area contributed by atoms with Crippen LogP contribution in [0, 0.1) is 11.3 Å². The summed E-state index contributed by atoms with van der Waals surface area (Å²) in [6.07, 6.45) is 6.94. The first kappa shape index (κ1) is 14.8. The third-order valence-electron chi connectivity index (χ3n) is 2.58. The van der Waals surface area contributed by atoms with Crippen LogP contribution in [0.3, 0.4) is 0 Å². The second-order valence-electron chi connectivity index (χ2n) is 4.03. The molecule has 90 valence electrons. The highest BCUT2D eigenvalue weighted by molar-refractivity contribution is 5.80. The van der Waals surface area contributed by atoms with E-state index in [0.29, 0.717) is 25.0 Å². The predicted molar refractivity (Wildman–Crippen MR) is 62.9 cm³/mol. The van der Waals surface area contributed by atoms with E-state index in [4.69, 9.17) is 5.26 Å². The first-order valence-corrected chi connectivity index (χ1v) is 6.11. The summed E-state index contributed by atoms with van der Waals surface area (Å²) in [5.74, 6) is 0.382. The van der Waals surface area contributed by atoms with E-state index in [-0.39, 0.29) is 12.2 Å². The predicted octanol–water partition coefficient (Wildman–Crippen LogP) is 3.18. The molecule has 3 heteroatoms. The van der Waals surface area contributed by atoms with Crippen molar-refractivity contribution < 1.29 is 9.59 Å². The number of hydrogen-bond donors (Lipinski definition) is 0. The van der Waals surface area contributed by atoms with Crippen molar-refractivity contribution in [1.29, 1.82) is 5.26 Å². The molecule has 0 atom stereocenters. The minimum Gasteiger partial charge on any atom is -0.300 e. The SMILES string of the molecule is CCC(=O)CCCCCCCC(=O)CC#N. The maximum absolute atomic E-state index is 11.0. The van der Waals surface area contributed by atoms with Gasteiger partial charge >= 0.3 is 0 Å². The van der Waals surface area contributed by atoms with Crippen molar-refractivity contribution in [3.05, 3.63) is 0 Å². The molecular weight excluding hydrogens is 202 g/mol. The fourth-order valence-corrected chi connectivity index (χ4v) is 1.53. The molecule has 0 unspecified atom stereocenters. The molecular formula is C13H21NO2. The van der Waals surface area contributed by atoms with Gasteiger partial charge in [0.05, 0.1) is 12.5 Å². The average Bonchev–Trinajstić information content (AvgIpc) is 2.27. The Hall–Kier alpha value is -1.17. The highest BCUT2D eigenvalue weighted by atomic mass is 16.1. The summed E-state index contributed by atoms with van der Waals surface area (Å²) < 4.78 is 0. The molecule has 0 N–H and O–H groups in total. The monoisotopic (exact) mass is 223 g/mol. The van der Waals surface area contributed by atoms with Gasteiger partial charge < -0.3 is 0 Å². The molecule has 0 aromatic heterocycles. The van der Waals surface area contributed by atoms with Gasteiger partial charge in [0.2, 0.25) is 0 Å². The maximum atomic E-state index is 11.0. The number of carbonyl (C=O) groups is 2. The molecule has 0 aliphatic rings. The maximum Gasteiger partial charge on any atom is 0.146 e. The van der Waals surface area contributed by atoms with Gasteiger partial charge in [-0.05, 0) is 12.8 Å². The number of nitriles is 1. The molecule has 0 aliphatic heterocycles. The third-order valence-corrected chi connectivity index (χ3v) is 2.58. The molecule has 16 heavy (non-hydrogen) atoms. The van der Waals surface area contributed by atoms with E-state index < -0.39 is 0 Å². The van der Waals surface area contributed by atoms with Crippen LogP contribution in [0.5, 0.6) is 0 Å². The summed E-state index contributed by atoms with van der Waals surface area (Å²) in [6, 6.07) is 1.86. The van der Waals surface area contributed by atoms with Crippen LogP contribution in [-0.2, 0) is 9.59 Å².